The van der Waals surface area contributed by atoms with Gasteiger partial charge in [0, 0.05) is 5.41 Å². The summed E-state index contributed by atoms with van der Waals surface area (Å²) in [7, 11) is -2.96. The topological polar surface area (TPSA) is 0 Å². The molecule has 0 nitrogen and oxygen atoms in total. The molecule has 0 bridgehead atoms. The molecular formula is C27H36Si2. The highest BCUT2D eigenvalue weighted by Gasteiger charge is 2.43. The smallest absolute Gasteiger partial charge is 0.0656 e. The van der Waals surface area contributed by atoms with Gasteiger partial charge in [0.05, 0.1) is 16.1 Å². The summed E-state index contributed by atoms with van der Waals surface area (Å²) in [6.45, 7) is 20.2. The van der Waals surface area contributed by atoms with Crippen LogP contribution in [-0.4, -0.2) is 16.1 Å². The maximum Gasteiger partial charge on any atom is 0.0783 e. The van der Waals surface area contributed by atoms with E-state index in [0.29, 0.717) is 0 Å². The zero-order valence-corrected chi connectivity index (χ0v) is 21.5. The first kappa shape index (κ1) is 20.6. The normalized spacial score (nSPS) is 17.1. The van der Waals surface area contributed by atoms with Crippen molar-refractivity contribution in [3.63, 3.8) is 0 Å². The lowest BCUT2D eigenvalue weighted by Crippen LogP contribution is -2.31. The summed E-state index contributed by atoms with van der Waals surface area (Å²) in [5.41, 5.74) is 9.68. The van der Waals surface area contributed by atoms with Crippen LogP contribution in [0.1, 0.15) is 36.1 Å². The maximum atomic E-state index is 2.53. The molecule has 0 saturated carbocycles. The Morgan fingerprint density at radius 2 is 0.931 bits per heavy atom. The van der Waals surface area contributed by atoms with Crippen LogP contribution >= 0.6 is 0 Å². The highest BCUT2D eigenvalue weighted by molar-refractivity contribution is 6.94. The van der Waals surface area contributed by atoms with Crippen molar-refractivity contribution in [2.24, 2.45) is 5.41 Å². The molecule has 0 heterocycles. The molecule has 2 aliphatic rings. The van der Waals surface area contributed by atoms with Gasteiger partial charge < -0.3 is 0 Å². The number of hydrogen-bond acceptors (Lipinski definition) is 0. The van der Waals surface area contributed by atoms with Crippen LogP contribution in [0.5, 0.6) is 0 Å². The second kappa shape index (κ2) is 6.68. The van der Waals surface area contributed by atoms with Crippen LogP contribution in [0.3, 0.4) is 0 Å². The van der Waals surface area contributed by atoms with E-state index in [1.54, 1.807) is 43.8 Å². The van der Waals surface area contributed by atoms with E-state index in [-0.39, 0.29) is 5.41 Å². The van der Waals surface area contributed by atoms with E-state index in [9.17, 15) is 0 Å². The highest BCUT2D eigenvalue weighted by atomic mass is 28.3. The summed E-state index contributed by atoms with van der Waals surface area (Å²) in [5, 5.41) is 3.44. The average molecular weight is 417 g/mol. The van der Waals surface area contributed by atoms with Crippen LogP contribution in [0.2, 0.25) is 39.3 Å². The first-order valence-electron chi connectivity index (χ1n) is 11.1. The van der Waals surface area contributed by atoms with Crippen molar-refractivity contribution in [2.45, 2.75) is 66.0 Å². The molecule has 0 unspecified atom stereocenters. The van der Waals surface area contributed by atoms with Gasteiger partial charge >= 0.3 is 0 Å². The van der Waals surface area contributed by atoms with Gasteiger partial charge in [0.15, 0.2) is 0 Å². The van der Waals surface area contributed by atoms with E-state index < -0.39 is 16.1 Å². The minimum absolute atomic E-state index is 0.100. The fourth-order valence-corrected chi connectivity index (χ4v) is 10.4. The van der Waals surface area contributed by atoms with Crippen LogP contribution < -0.4 is 0 Å². The van der Waals surface area contributed by atoms with Crippen molar-refractivity contribution < 1.29 is 0 Å². The fraction of sp³-hybridized carbons (Fsp3) is 0.407. The summed E-state index contributed by atoms with van der Waals surface area (Å²) < 4.78 is 0. The summed E-state index contributed by atoms with van der Waals surface area (Å²) in [4.78, 5) is 0. The van der Waals surface area contributed by atoms with E-state index in [1.165, 1.54) is 0 Å². The van der Waals surface area contributed by atoms with Crippen molar-refractivity contribution in [1.29, 1.82) is 0 Å². The van der Waals surface area contributed by atoms with Gasteiger partial charge in [-0.25, -0.2) is 0 Å². The molecule has 0 atom stereocenters. The van der Waals surface area contributed by atoms with Crippen LogP contribution in [0.15, 0.2) is 59.7 Å². The lowest BCUT2D eigenvalue weighted by molar-refractivity contribution is 0.524. The van der Waals surface area contributed by atoms with E-state index in [4.69, 9.17) is 0 Å². The molecule has 0 aliphatic heterocycles. The SMILES string of the molecule is CC(C)(C1=C([Si](C)(C)C)c2ccccc2C1)C1=C([Si](C)(C)C)c2ccccc2C1. The summed E-state index contributed by atoms with van der Waals surface area (Å²) in [5.74, 6) is 0. The Bertz CT molecular complexity index is 953. The van der Waals surface area contributed by atoms with Gasteiger partial charge in [-0.3, -0.25) is 0 Å². The predicted molar refractivity (Wildman–Crippen MR) is 135 cm³/mol. The maximum absolute atomic E-state index is 2.53. The molecule has 0 aromatic heterocycles. The Morgan fingerprint density at radius 3 is 1.28 bits per heavy atom. The van der Waals surface area contributed by atoms with Crippen molar-refractivity contribution in [3.8, 4) is 0 Å². The summed E-state index contributed by atoms with van der Waals surface area (Å²) in [6, 6.07) is 18.4. The third-order valence-corrected chi connectivity index (χ3v) is 11.1. The minimum atomic E-state index is -1.48. The molecule has 0 radical (unpaired) electrons. The van der Waals surface area contributed by atoms with Crippen molar-refractivity contribution in [3.05, 3.63) is 81.9 Å². The molecule has 0 N–H and O–H groups in total. The largest absolute Gasteiger partial charge is 0.0783 e. The predicted octanol–water partition coefficient (Wildman–Crippen LogP) is 7.79. The fourth-order valence-electron chi connectivity index (χ4n) is 5.68. The van der Waals surface area contributed by atoms with Crippen molar-refractivity contribution >= 4 is 26.5 Å². The lowest BCUT2D eigenvalue weighted by Gasteiger charge is -2.36. The van der Waals surface area contributed by atoms with E-state index >= 15 is 0 Å². The van der Waals surface area contributed by atoms with Crippen LogP contribution in [0.25, 0.3) is 10.4 Å². The Labute approximate surface area is 179 Å². The van der Waals surface area contributed by atoms with E-state index in [1.807, 2.05) is 0 Å². The van der Waals surface area contributed by atoms with Crippen LogP contribution in [-0.2, 0) is 12.8 Å². The van der Waals surface area contributed by atoms with Gasteiger partial charge in [0.1, 0.15) is 0 Å². The van der Waals surface area contributed by atoms with Gasteiger partial charge in [-0.15, -0.1) is 0 Å². The molecule has 0 amide bonds. The first-order valence-corrected chi connectivity index (χ1v) is 18.1. The third-order valence-electron chi connectivity index (χ3n) is 6.92. The Hall–Kier alpha value is -1.65. The van der Waals surface area contributed by atoms with Gasteiger partial charge in [-0.1, -0.05) is 123 Å². The van der Waals surface area contributed by atoms with Crippen LogP contribution in [0, 0.1) is 5.41 Å². The number of hydrogen-bond donors (Lipinski definition) is 0. The molecule has 29 heavy (non-hydrogen) atoms. The zero-order chi connectivity index (χ0) is 21.2. The number of allylic oxidation sites excluding steroid dienone is 2. The minimum Gasteiger partial charge on any atom is -0.0656 e. The molecule has 152 valence electrons. The molecule has 4 rings (SSSR count). The number of fused-ring (bicyclic) bond motifs is 2. The molecule has 2 aromatic rings. The molecule has 0 spiro atoms. The second-order valence-corrected chi connectivity index (χ2v) is 21.5. The highest BCUT2D eigenvalue weighted by Crippen LogP contribution is 2.54. The van der Waals surface area contributed by atoms with Crippen molar-refractivity contribution in [2.75, 3.05) is 0 Å². The molecule has 2 aromatic carbocycles. The quantitative estimate of drug-likeness (QED) is 0.446. The number of benzene rings is 2. The van der Waals surface area contributed by atoms with E-state index in [0.717, 1.165) is 12.8 Å². The van der Waals surface area contributed by atoms with Gasteiger partial charge in [0.25, 0.3) is 0 Å². The van der Waals surface area contributed by atoms with Gasteiger partial charge in [-0.2, -0.15) is 0 Å². The Kier molecular flexibility index (Phi) is 4.75. The van der Waals surface area contributed by atoms with Gasteiger partial charge in [-0.05, 0) is 35.1 Å². The summed E-state index contributed by atoms with van der Waals surface area (Å²) >= 11 is 0. The Morgan fingerprint density at radius 1 is 0.586 bits per heavy atom. The van der Waals surface area contributed by atoms with Crippen LogP contribution in [0.4, 0.5) is 0 Å². The lowest BCUT2D eigenvalue weighted by atomic mass is 9.75. The molecule has 2 heteroatoms. The molecular weight excluding hydrogens is 380 g/mol. The zero-order valence-electron chi connectivity index (χ0n) is 19.5. The van der Waals surface area contributed by atoms with Crippen molar-refractivity contribution in [1.82, 2.24) is 0 Å². The summed E-state index contributed by atoms with van der Waals surface area (Å²) in [6.07, 6.45) is 2.25. The van der Waals surface area contributed by atoms with Gasteiger partial charge in [0.2, 0.25) is 0 Å². The monoisotopic (exact) mass is 416 g/mol. The molecule has 2 aliphatic carbocycles. The standard InChI is InChI=1S/C27H36Si2/c1-27(2,23-17-19-13-9-11-15-21(19)25(23)28(3,4)5)24-18-20-14-10-12-16-22(20)26(24)29(6,7)8/h9-16H,17-18H2,1-8H3. The first-order chi connectivity index (χ1) is 13.4. The second-order valence-electron chi connectivity index (χ2n) is 11.5. The van der Waals surface area contributed by atoms with E-state index in [2.05, 4.69) is 102 Å². The number of rotatable bonds is 4. The average Bonchev–Trinajstić information content (AvgIpc) is 3.20. The molecule has 0 saturated heterocycles. The Balaban J connectivity index is 1.95. The molecule has 0 fully saturated rings. The third kappa shape index (κ3) is 3.35.